The van der Waals surface area contributed by atoms with E-state index >= 15 is 0 Å². The first-order valence-electron chi connectivity index (χ1n) is 8.57. The van der Waals surface area contributed by atoms with E-state index in [1.54, 1.807) is 0 Å². The molecule has 2 aliphatic carbocycles. The van der Waals surface area contributed by atoms with Crippen molar-refractivity contribution in [3.63, 3.8) is 0 Å². The number of hydrogen-bond acceptors (Lipinski definition) is 1. The Morgan fingerprint density at radius 2 is 1.50 bits per heavy atom. The minimum Gasteiger partial charge on any atom is -0.311 e. The average molecular weight is 251 g/mol. The fourth-order valence-electron chi connectivity index (χ4n) is 4.20. The second-order valence-corrected chi connectivity index (χ2v) is 6.77. The molecule has 2 rings (SSSR count). The molecule has 0 spiro atoms. The zero-order valence-corrected chi connectivity index (χ0v) is 12.6. The molecule has 1 heteroatoms. The van der Waals surface area contributed by atoms with Crippen molar-refractivity contribution < 1.29 is 0 Å². The molecule has 0 radical (unpaired) electrons. The molecule has 0 aromatic heterocycles. The van der Waals surface area contributed by atoms with Gasteiger partial charge in [-0.3, -0.25) is 0 Å². The SMILES string of the molecule is CCC1CCCCC1N[C@@H](C)C1CCCCCC1. The smallest absolute Gasteiger partial charge is 0.00978 e. The van der Waals surface area contributed by atoms with E-state index in [0.717, 1.165) is 23.9 Å². The topological polar surface area (TPSA) is 12.0 Å². The van der Waals surface area contributed by atoms with Crippen molar-refractivity contribution in [2.24, 2.45) is 11.8 Å². The Kier molecular flexibility index (Phi) is 6.01. The van der Waals surface area contributed by atoms with E-state index in [1.807, 2.05) is 0 Å². The maximum atomic E-state index is 4.02. The monoisotopic (exact) mass is 251 g/mol. The summed E-state index contributed by atoms with van der Waals surface area (Å²) in [6.07, 6.45) is 16.0. The lowest BCUT2D eigenvalue weighted by Crippen LogP contribution is -2.46. The van der Waals surface area contributed by atoms with Crippen molar-refractivity contribution in [1.29, 1.82) is 0 Å². The average Bonchev–Trinajstić information content (AvgIpc) is 2.68. The van der Waals surface area contributed by atoms with Crippen molar-refractivity contribution in [3.05, 3.63) is 0 Å². The molecule has 0 bridgehead atoms. The first-order valence-corrected chi connectivity index (χ1v) is 8.57. The van der Waals surface area contributed by atoms with Crippen LogP contribution in [0.25, 0.3) is 0 Å². The van der Waals surface area contributed by atoms with Gasteiger partial charge in [0, 0.05) is 12.1 Å². The molecule has 1 N–H and O–H groups in total. The normalized spacial score (nSPS) is 33.0. The van der Waals surface area contributed by atoms with Crippen LogP contribution in [0.5, 0.6) is 0 Å². The molecule has 2 saturated carbocycles. The van der Waals surface area contributed by atoms with E-state index in [4.69, 9.17) is 0 Å². The fraction of sp³-hybridized carbons (Fsp3) is 1.00. The third-order valence-corrected chi connectivity index (χ3v) is 5.52. The molecular formula is C17H33N. The van der Waals surface area contributed by atoms with E-state index in [1.165, 1.54) is 70.6 Å². The third kappa shape index (κ3) is 3.98. The molecule has 2 aliphatic rings. The summed E-state index contributed by atoms with van der Waals surface area (Å²) in [4.78, 5) is 0. The Hall–Kier alpha value is -0.0400. The second kappa shape index (κ2) is 7.53. The molecule has 2 unspecified atom stereocenters. The molecule has 0 aliphatic heterocycles. The minimum absolute atomic E-state index is 0.750. The van der Waals surface area contributed by atoms with Crippen molar-refractivity contribution in [1.82, 2.24) is 5.32 Å². The first kappa shape index (κ1) is 14.4. The predicted octanol–water partition coefficient (Wildman–Crippen LogP) is 4.90. The minimum atomic E-state index is 0.750. The lowest BCUT2D eigenvalue weighted by atomic mass is 9.81. The van der Waals surface area contributed by atoms with Crippen molar-refractivity contribution in [3.8, 4) is 0 Å². The van der Waals surface area contributed by atoms with Crippen LogP contribution in [0.3, 0.4) is 0 Å². The quantitative estimate of drug-likeness (QED) is 0.700. The summed E-state index contributed by atoms with van der Waals surface area (Å²) in [5, 5.41) is 4.02. The molecule has 2 fully saturated rings. The van der Waals surface area contributed by atoms with Crippen LogP contribution < -0.4 is 5.32 Å². The van der Waals surface area contributed by atoms with Crippen molar-refractivity contribution in [2.45, 2.75) is 96.6 Å². The van der Waals surface area contributed by atoms with E-state index in [9.17, 15) is 0 Å². The van der Waals surface area contributed by atoms with Gasteiger partial charge in [-0.1, -0.05) is 51.9 Å². The van der Waals surface area contributed by atoms with Gasteiger partial charge < -0.3 is 5.32 Å². The Balaban J connectivity index is 1.82. The summed E-state index contributed by atoms with van der Waals surface area (Å²) in [6, 6.07) is 1.57. The zero-order chi connectivity index (χ0) is 12.8. The van der Waals surface area contributed by atoms with E-state index in [-0.39, 0.29) is 0 Å². The summed E-state index contributed by atoms with van der Waals surface area (Å²) in [7, 11) is 0. The van der Waals surface area contributed by atoms with E-state index in [2.05, 4.69) is 19.2 Å². The van der Waals surface area contributed by atoms with Gasteiger partial charge >= 0.3 is 0 Å². The van der Waals surface area contributed by atoms with Crippen LogP contribution in [0.4, 0.5) is 0 Å². The van der Waals surface area contributed by atoms with Crippen LogP contribution in [0.1, 0.15) is 84.5 Å². The van der Waals surface area contributed by atoms with Gasteiger partial charge in [-0.05, 0) is 44.4 Å². The van der Waals surface area contributed by atoms with Crippen LogP contribution in [0.15, 0.2) is 0 Å². The molecule has 0 aromatic carbocycles. The van der Waals surface area contributed by atoms with Gasteiger partial charge in [0.2, 0.25) is 0 Å². The molecule has 0 saturated heterocycles. The molecule has 0 aromatic rings. The van der Waals surface area contributed by atoms with Gasteiger partial charge in [0.25, 0.3) is 0 Å². The lowest BCUT2D eigenvalue weighted by Gasteiger charge is -2.36. The molecule has 3 atom stereocenters. The van der Waals surface area contributed by atoms with Gasteiger partial charge in [0.15, 0.2) is 0 Å². The molecule has 18 heavy (non-hydrogen) atoms. The Morgan fingerprint density at radius 3 is 2.17 bits per heavy atom. The van der Waals surface area contributed by atoms with E-state index in [0.29, 0.717) is 0 Å². The molecular weight excluding hydrogens is 218 g/mol. The second-order valence-electron chi connectivity index (χ2n) is 6.77. The van der Waals surface area contributed by atoms with E-state index < -0.39 is 0 Å². The summed E-state index contributed by atoms with van der Waals surface area (Å²) in [6.45, 7) is 4.83. The molecule has 106 valence electrons. The van der Waals surface area contributed by atoms with Crippen LogP contribution in [0, 0.1) is 11.8 Å². The summed E-state index contributed by atoms with van der Waals surface area (Å²) < 4.78 is 0. The summed E-state index contributed by atoms with van der Waals surface area (Å²) in [5.74, 6) is 1.90. The van der Waals surface area contributed by atoms with Gasteiger partial charge in [-0.15, -0.1) is 0 Å². The lowest BCUT2D eigenvalue weighted by molar-refractivity contribution is 0.210. The molecule has 1 nitrogen and oxygen atoms in total. The highest BCUT2D eigenvalue weighted by molar-refractivity contribution is 4.85. The Morgan fingerprint density at radius 1 is 0.889 bits per heavy atom. The first-order chi connectivity index (χ1) is 8.81. The van der Waals surface area contributed by atoms with Gasteiger partial charge in [0.05, 0.1) is 0 Å². The predicted molar refractivity (Wildman–Crippen MR) is 79.8 cm³/mol. The molecule has 0 amide bonds. The highest BCUT2D eigenvalue weighted by Gasteiger charge is 2.27. The standard InChI is InChI=1S/C17H33N/c1-3-15-10-8-9-13-17(15)18-14(2)16-11-6-4-5-7-12-16/h14-18H,3-13H2,1-2H3/t14-,15?,17?/m0/s1. The van der Waals surface area contributed by atoms with Crippen LogP contribution in [0.2, 0.25) is 0 Å². The Labute approximate surface area is 114 Å². The summed E-state index contributed by atoms with van der Waals surface area (Å²) in [5.41, 5.74) is 0. The Bertz CT molecular complexity index is 218. The molecule has 0 heterocycles. The zero-order valence-electron chi connectivity index (χ0n) is 12.6. The number of nitrogens with one attached hydrogen (secondary N) is 1. The number of rotatable bonds is 4. The van der Waals surface area contributed by atoms with Crippen LogP contribution in [-0.2, 0) is 0 Å². The van der Waals surface area contributed by atoms with Gasteiger partial charge in [0.1, 0.15) is 0 Å². The van der Waals surface area contributed by atoms with Crippen LogP contribution >= 0.6 is 0 Å². The highest BCUT2D eigenvalue weighted by atomic mass is 15.0. The summed E-state index contributed by atoms with van der Waals surface area (Å²) >= 11 is 0. The van der Waals surface area contributed by atoms with Gasteiger partial charge in [-0.25, -0.2) is 0 Å². The van der Waals surface area contributed by atoms with Crippen molar-refractivity contribution >= 4 is 0 Å². The largest absolute Gasteiger partial charge is 0.311 e. The maximum absolute atomic E-state index is 4.02. The fourth-order valence-corrected chi connectivity index (χ4v) is 4.20. The third-order valence-electron chi connectivity index (χ3n) is 5.52. The number of hydrogen-bond donors (Lipinski definition) is 1. The van der Waals surface area contributed by atoms with Gasteiger partial charge in [-0.2, -0.15) is 0 Å². The van der Waals surface area contributed by atoms with Crippen molar-refractivity contribution in [2.75, 3.05) is 0 Å². The highest BCUT2D eigenvalue weighted by Crippen LogP contribution is 2.30. The van der Waals surface area contributed by atoms with Crippen LogP contribution in [-0.4, -0.2) is 12.1 Å². The maximum Gasteiger partial charge on any atom is 0.00978 e.